The topological polar surface area (TPSA) is 76.1 Å². The van der Waals surface area contributed by atoms with Crippen LogP contribution in [0.4, 0.5) is 10.5 Å². The number of nitrogens with one attached hydrogen (secondary N) is 2. The van der Waals surface area contributed by atoms with Gasteiger partial charge in [-0.1, -0.05) is 6.07 Å². The number of hydrogen-bond donors (Lipinski definition) is 2. The second kappa shape index (κ2) is 7.83. The first-order valence-corrected chi connectivity index (χ1v) is 9.35. The fraction of sp³-hybridized carbons (Fsp3) is 0.450. The van der Waals surface area contributed by atoms with Crippen LogP contribution < -0.4 is 10.6 Å². The largest absolute Gasteiger partial charge is 0.373 e. The molecule has 2 unspecified atom stereocenters. The summed E-state index contributed by atoms with van der Waals surface area (Å²) in [5, 5.41) is 6.00. The molecule has 0 aromatic carbocycles. The van der Waals surface area contributed by atoms with Crippen LogP contribution in [0.15, 0.2) is 36.8 Å². The van der Waals surface area contributed by atoms with Crippen LogP contribution in [-0.2, 0) is 17.6 Å². The average Bonchev–Trinajstić information content (AvgIpc) is 2.69. The number of aromatic nitrogens is 2. The van der Waals surface area contributed by atoms with Crippen LogP contribution in [-0.4, -0.2) is 28.6 Å². The quantitative estimate of drug-likeness (QED) is 0.888. The maximum Gasteiger partial charge on any atom is 0.319 e. The first kappa shape index (κ1) is 17.0. The van der Waals surface area contributed by atoms with Gasteiger partial charge in [0.1, 0.15) is 0 Å². The molecule has 0 radical (unpaired) electrons. The molecule has 2 N–H and O–H groups in total. The van der Waals surface area contributed by atoms with Gasteiger partial charge in [-0.05, 0) is 61.8 Å². The number of carbonyl (C=O) groups is 1. The number of urea groups is 1. The first-order chi connectivity index (χ1) is 12.8. The predicted molar refractivity (Wildman–Crippen MR) is 99.0 cm³/mol. The Morgan fingerprint density at radius 1 is 1.23 bits per heavy atom. The molecule has 2 amide bonds. The Morgan fingerprint density at radius 3 is 3.04 bits per heavy atom. The maximum atomic E-state index is 12.4. The van der Waals surface area contributed by atoms with Gasteiger partial charge in [0.25, 0.3) is 0 Å². The van der Waals surface area contributed by atoms with Crippen LogP contribution in [0.5, 0.6) is 0 Å². The van der Waals surface area contributed by atoms with Crippen molar-refractivity contribution in [3.8, 4) is 0 Å². The molecule has 1 aliphatic carbocycles. The number of pyridine rings is 2. The van der Waals surface area contributed by atoms with E-state index < -0.39 is 0 Å². The molecule has 26 heavy (non-hydrogen) atoms. The van der Waals surface area contributed by atoms with Crippen molar-refractivity contribution in [1.29, 1.82) is 0 Å². The molecular formula is C20H24N4O2. The fourth-order valence-electron chi connectivity index (χ4n) is 3.74. The molecule has 4 rings (SSSR count). The molecule has 1 fully saturated rings. The standard InChI is InChI=1S/C20H24N4O2/c25-20(24-17-10-14-4-1-2-6-18(14)22-13-17)23-16-7-9-26-19(11-16)15-5-3-8-21-12-15/h3,5,8,10,12-13,16,19H,1-2,4,6-7,9,11H2,(H2,23,24,25). The van der Waals surface area contributed by atoms with Crippen molar-refractivity contribution in [3.63, 3.8) is 0 Å². The zero-order chi connectivity index (χ0) is 17.8. The van der Waals surface area contributed by atoms with E-state index >= 15 is 0 Å². The van der Waals surface area contributed by atoms with E-state index in [4.69, 9.17) is 4.74 Å². The minimum atomic E-state index is -0.181. The van der Waals surface area contributed by atoms with Gasteiger partial charge in [-0.25, -0.2) is 4.79 Å². The molecule has 0 bridgehead atoms. The molecule has 0 spiro atoms. The Labute approximate surface area is 153 Å². The summed E-state index contributed by atoms with van der Waals surface area (Å²) < 4.78 is 5.83. The normalized spacial score (nSPS) is 22.3. The van der Waals surface area contributed by atoms with Gasteiger partial charge in [-0.2, -0.15) is 0 Å². The Kier molecular flexibility index (Phi) is 5.11. The molecule has 2 atom stereocenters. The molecule has 6 heteroatoms. The summed E-state index contributed by atoms with van der Waals surface area (Å²) in [7, 11) is 0. The van der Waals surface area contributed by atoms with Crippen molar-refractivity contribution in [2.45, 2.75) is 50.7 Å². The van der Waals surface area contributed by atoms with Gasteiger partial charge < -0.3 is 15.4 Å². The van der Waals surface area contributed by atoms with Crippen LogP contribution in [0, 0.1) is 0 Å². The molecule has 1 saturated heterocycles. The van der Waals surface area contributed by atoms with E-state index in [0.29, 0.717) is 6.61 Å². The molecule has 6 nitrogen and oxygen atoms in total. The number of amides is 2. The smallest absolute Gasteiger partial charge is 0.319 e. The Balaban J connectivity index is 1.34. The van der Waals surface area contributed by atoms with Crippen molar-refractivity contribution in [3.05, 3.63) is 53.6 Å². The molecule has 2 aromatic heterocycles. The third-order valence-corrected chi connectivity index (χ3v) is 5.10. The lowest BCUT2D eigenvalue weighted by molar-refractivity contribution is 0.00235. The molecule has 136 valence electrons. The van der Waals surface area contributed by atoms with E-state index in [1.807, 2.05) is 18.3 Å². The van der Waals surface area contributed by atoms with Crippen LogP contribution in [0.25, 0.3) is 0 Å². The van der Waals surface area contributed by atoms with E-state index in [-0.39, 0.29) is 18.2 Å². The predicted octanol–water partition coefficient (Wildman–Crippen LogP) is 3.40. The third-order valence-electron chi connectivity index (χ3n) is 5.10. The number of carbonyl (C=O) groups excluding carboxylic acids is 1. The Morgan fingerprint density at radius 2 is 2.15 bits per heavy atom. The van der Waals surface area contributed by atoms with Crippen molar-refractivity contribution in [2.75, 3.05) is 11.9 Å². The number of hydrogen-bond acceptors (Lipinski definition) is 4. The summed E-state index contributed by atoms with van der Waals surface area (Å²) in [6.45, 7) is 0.630. The lowest BCUT2D eigenvalue weighted by Gasteiger charge is -2.30. The van der Waals surface area contributed by atoms with E-state index in [9.17, 15) is 4.79 Å². The summed E-state index contributed by atoms with van der Waals surface area (Å²) >= 11 is 0. The van der Waals surface area contributed by atoms with Crippen LogP contribution in [0.1, 0.15) is 48.6 Å². The zero-order valence-corrected chi connectivity index (χ0v) is 14.8. The van der Waals surface area contributed by atoms with Gasteiger partial charge >= 0.3 is 6.03 Å². The van der Waals surface area contributed by atoms with Crippen LogP contribution >= 0.6 is 0 Å². The maximum absolute atomic E-state index is 12.4. The van der Waals surface area contributed by atoms with Crippen molar-refractivity contribution < 1.29 is 9.53 Å². The number of aryl methyl sites for hydroxylation is 2. The second-order valence-corrected chi connectivity index (χ2v) is 7.00. The average molecular weight is 352 g/mol. The van der Waals surface area contributed by atoms with Crippen molar-refractivity contribution in [1.82, 2.24) is 15.3 Å². The highest BCUT2D eigenvalue weighted by atomic mass is 16.5. The van der Waals surface area contributed by atoms with E-state index in [1.54, 1.807) is 12.4 Å². The second-order valence-electron chi connectivity index (χ2n) is 7.00. The Hall–Kier alpha value is -2.47. The van der Waals surface area contributed by atoms with Crippen molar-refractivity contribution in [2.24, 2.45) is 0 Å². The summed E-state index contributed by atoms with van der Waals surface area (Å²) in [6.07, 6.45) is 11.4. The van der Waals surface area contributed by atoms with Gasteiger partial charge in [0, 0.05) is 30.7 Å². The highest BCUT2D eigenvalue weighted by Gasteiger charge is 2.25. The number of anilines is 1. The van der Waals surface area contributed by atoms with E-state index in [0.717, 1.165) is 36.9 Å². The van der Waals surface area contributed by atoms with Gasteiger partial charge in [0.05, 0.1) is 18.0 Å². The number of rotatable bonds is 3. The fourth-order valence-corrected chi connectivity index (χ4v) is 3.74. The van der Waals surface area contributed by atoms with Crippen LogP contribution in [0.2, 0.25) is 0 Å². The summed E-state index contributed by atoms with van der Waals surface area (Å²) in [5.74, 6) is 0. The summed E-state index contributed by atoms with van der Waals surface area (Å²) in [5.41, 5.74) is 4.25. The SMILES string of the molecule is O=C(Nc1cnc2c(c1)CCCC2)NC1CCOC(c2cccnc2)C1. The zero-order valence-electron chi connectivity index (χ0n) is 14.8. The number of nitrogens with zero attached hydrogens (tertiary/aromatic N) is 2. The highest BCUT2D eigenvalue weighted by Crippen LogP contribution is 2.27. The monoisotopic (exact) mass is 352 g/mol. The molecular weight excluding hydrogens is 328 g/mol. The van der Waals surface area contributed by atoms with Gasteiger partial charge in [-0.3, -0.25) is 9.97 Å². The Bertz CT molecular complexity index is 766. The van der Waals surface area contributed by atoms with Gasteiger partial charge in [0.2, 0.25) is 0 Å². The van der Waals surface area contributed by atoms with E-state index in [1.165, 1.54) is 24.1 Å². The summed E-state index contributed by atoms with van der Waals surface area (Å²) in [6, 6.07) is 5.88. The first-order valence-electron chi connectivity index (χ1n) is 9.35. The number of fused-ring (bicyclic) bond motifs is 1. The molecule has 1 aliphatic heterocycles. The minimum absolute atomic E-state index is 0.0202. The van der Waals surface area contributed by atoms with Crippen LogP contribution in [0.3, 0.4) is 0 Å². The minimum Gasteiger partial charge on any atom is -0.373 e. The molecule has 0 saturated carbocycles. The lowest BCUT2D eigenvalue weighted by Crippen LogP contribution is -2.42. The third kappa shape index (κ3) is 4.02. The number of ether oxygens (including phenoxy) is 1. The molecule has 2 aromatic rings. The lowest BCUT2D eigenvalue weighted by atomic mass is 9.96. The van der Waals surface area contributed by atoms with Gasteiger partial charge in [0.15, 0.2) is 0 Å². The van der Waals surface area contributed by atoms with Gasteiger partial charge in [-0.15, -0.1) is 0 Å². The van der Waals surface area contributed by atoms with E-state index in [2.05, 4.69) is 26.7 Å². The van der Waals surface area contributed by atoms with Crippen molar-refractivity contribution >= 4 is 11.7 Å². The molecule has 2 aliphatic rings. The molecule has 3 heterocycles. The summed E-state index contributed by atoms with van der Waals surface area (Å²) in [4.78, 5) is 21.0. The highest BCUT2D eigenvalue weighted by molar-refractivity contribution is 5.89.